The lowest BCUT2D eigenvalue weighted by atomic mass is 10.2. The predicted molar refractivity (Wildman–Crippen MR) is 116 cm³/mol. The second-order valence-corrected chi connectivity index (χ2v) is 9.62. The van der Waals surface area contributed by atoms with Gasteiger partial charge in [-0.2, -0.15) is 4.31 Å². The molecule has 1 aliphatic rings. The van der Waals surface area contributed by atoms with Crippen molar-refractivity contribution >= 4 is 27.3 Å². The number of nitrogens with zero attached hydrogens (tertiary/aromatic N) is 3. The first-order valence-electron chi connectivity index (χ1n) is 9.57. The highest BCUT2D eigenvalue weighted by molar-refractivity contribution is 7.89. The fourth-order valence-electron chi connectivity index (χ4n) is 3.47. The van der Waals surface area contributed by atoms with E-state index in [9.17, 15) is 8.42 Å². The van der Waals surface area contributed by atoms with E-state index in [1.165, 1.54) is 16.8 Å². The van der Waals surface area contributed by atoms with Gasteiger partial charge in [0.15, 0.2) is 5.03 Å². The molecule has 0 unspecified atom stereocenters. The van der Waals surface area contributed by atoms with Crippen LogP contribution in [0.3, 0.4) is 0 Å². The van der Waals surface area contributed by atoms with E-state index in [-0.39, 0.29) is 30.3 Å². The lowest BCUT2D eigenvalue weighted by Crippen LogP contribution is -2.34. The zero-order valence-electron chi connectivity index (χ0n) is 16.5. The summed E-state index contributed by atoms with van der Waals surface area (Å²) in [6.45, 7) is 0.908. The molecule has 2 atom stereocenters. The Morgan fingerprint density at radius 1 is 1.17 bits per heavy atom. The molecule has 30 heavy (non-hydrogen) atoms. The standard InChI is InChI=1S/C21H23ClN4O3S/c1-25-13-21(23-15-25)30(27,28)26-11-19(24-18-9-5-8-17(22)10-18)20(12-26)29-14-16-6-3-2-4-7-16/h2-10,13,15,19-20,24H,11-12,14H2,1H3/t19-,20-/m0/s1. The molecule has 3 aromatic rings. The van der Waals surface area contributed by atoms with Crippen LogP contribution in [0.15, 0.2) is 72.1 Å². The Hall–Kier alpha value is -2.39. The van der Waals surface area contributed by atoms with Crippen molar-refractivity contribution in [2.45, 2.75) is 23.8 Å². The van der Waals surface area contributed by atoms with Gasteiger partial charge in [0.05, 0.1) is 25.1 Å². The largest absolute Gasteiger partial charge is 0.378 e. The molecule has 1 saturated heterocycles. The lowest BCUT2D eigenvalue weighted by molar-refractivity contribution is 0.0453. The maximum Gasteiger partial charge on any atom is 0.262 e. The van der Waals surface area contributed by atoms with E-state index in [0.717, 1.165) is 11.3 Å². The number of anilines is 1. The third-order valence-electron chi connectivity index (χ3n) is 5.00. The maximum absolute atomic E-state index is 13.1. The van der Waals surface area contributed by atoms with E-state index in [0.29, 0.717) is 11.6 Å². The van der Waals surface area contributed by atoms with Crippen LogP contribution in [0.1, 0.15) is 5.56 Å². The summed E-state index contributed by atoms with van der Waals surface area (Å²) >= 11 is 6.10. The number of hydrogen-bond acceptors (Lipinski definition) is 5. The first-order valence-corrected chi connectivity index (χ1v) is 11.4. The van der Waals surface area contributed by atoms with Crippen LogP contribution < -0.4 is 5.32 Å². The predicted octanol–water partition coefficient (Wildman–Crippen LogP) is 3.14. The summed E-state index contributed by atoms with van der Waals surface area (Å²) in [6, 6.07) is 16.9. The lowest BCUT2D eigenvalue weighted by Gasteiger charge is -2.21. The van der Waals surface area contributed by atoms with Gasteiger partial charge in [-0.05, 0) is 23.8 Å². The topological polar surface area (TPSA) is 76.5 Å². The number of halogens is 1. The van der Waals surface area contributed by atoms with Crippen LogP contribution in [0, 0.1) is 0 Å². The maximum atomic E-state index is 13.1. The summed E-state index contributed by atoms with van der Waals surface area (Å²) in [5.41, 5.74) is 1.85. The highest BCUT2D eigenvalue weighted by atomic mass is 35.5. The van der Waals surface area contributed by atoms with Gasteiger partial charge < -0.3 is 14.6 Å². The van der Waals surface area contributed by atoms with Gasteiger partial charge in [0.25, 0.3) is 10.0 Å². The second kappa shape index (κ2) is 8.77. The average molecular weight is 447 g/mol. The molecule has 0 spiro atoms. The Morgan fingerprint density at radius 3 is 2.67 bits per heavy atom. The van der Waals surface area contributed by atoms with Crippen molar-refractivity contribution in [3.8, 4) is 0 Å². The van der Waals surface area contributed by atoms with Gasteiger partial charge in [-0.25, -0.2) is 13.4 Å². The van der Waals surface area contributed by atoms with E-state index < -0.39 is 10.0 Å². The molecule has 0 radical (unpaired) electrons. The van der Waals surface area contributed by atoms with Gasteiger partial charge in [0.1, 0.15) is 0 Å². The molecule has 0 aliphatic carbocycles. The minimum atomic E-state index is -3.71. The Balaban J connectivity index is 1.54. The highest BCUT2D eigenvalue weighted by Gasteiger charge is 2.41. The van der Waals surface area contributed by atoms with Gasteiger partial charge in [0.2, 0.25) is 0 Å². The Morgan fingerprint density at radius 2 is 1.97 bits per heavy atom. The van der Waals surface area contributed by atoms with Gasteiger partial charge in [-0.3, -0.25) is 0 Å². The normalized spacial score (nSPS) is 19.8. The molecule has 0 bridgehead atoms. The fraction of sp³-hybridized carbons (Fsp3) is 0.286. The number of sulfonamides is 1. The van der Waals surface area contributed by atoms with E-state index in [2.05, 4.69) is 10.3 Å². The second-order valence-electron chi connectivity index (χ2n) is 7.30. The molecular weight excluding hydrogens is 424 g/mol. The van der Waals surface area contributed by atoms with Crippen molar-refractivity contribution in [3.63, 3.8) is 0 Å². The number of imidazole rings is 1. The molecule has 0 saturated carbocycles. The molecule has 2 heterocycles. The van der Waals surface area contributed by atoms with Crippen LogP contribution in [-0.4, -0.2) is 47.5 Å². The van der Waals surface area contributed by atoms with Crippen LogP contribution in [0.25, 0.3) is 0 Å². The zero-order chi connectivity index (χ0) is 21.1. The monoisotopic (exact) mass is 446 g/mol. The summed E-state index contributed by atoms with van der Waals surface area (Å²) in [4.78, 5) is 4.03. The van der Waals surface area contributed by atoms with Crippen molar-refractivity contribution in [3.05, 3.63) is 77.7 Å². The first kappa shape index (κ1) is 20.9. The number of benzene rings is 2. The summed E-state index contributed by atoms with van der Waals surface area (Å²) in [7, 11) is -1.97. The summed E-state index contributed by atoms with van der Waals surface area (Å²) < 4.78 is 35.3. The first-order chi connectivity index (χ1) is 14.4. The van der Waals surface area contributed by atoms with Gasteiger partial charge in [0, 0.05) is 37.0 Å². The molecule has 0 amide bonds. The van der Waals surface area contributed by atoms with Crippen LogP contribution in [0.5, 0.6) is 0 Å². The smallest absolute Gasteiger partial charge is 0.262 e. The molecule has 158 valence electrons. The van der Waals surface area contributed by atoms with Gasteiger partial charge >= 0.3 is 0 Å². The fourth-order valence-corrected chi connectivity index (χ4v) is 5.10. The summed E-state index contributed by atoms with van der Waals surface area (Å²) in [5.74, 6) is 0. The summed E-state index contributed by atoms with van der Waals surface area (Å²) in [5, 5.41) is 4.03. The average Bonchev–Trinajstić information content (AvgIpc) is 3.34. The van der Waals surface area contributed by atoms with E-state index >= 15 is 0 Å². The van der Waals surface area contributed by atoms with Crippen molar-refractivity contribution in [1.29, 1.82) is 0 Å². The number of ether oxygens (including phenoxy) is 1. The highest BCUT2D eigenvalue weighted by Crippen LogP contribution is 2.26. The van der Waals surface area contributed by atoms with Gasteiger partial charge in [-0.15, -0.1) is 0 Å². The molecule has 1 aliphatic heterocycles. The molecule has 4 rings (SSSR count). The van der Waals surface area contributed by atoms with E-state index in [1.54, 1.807) is 17.7 Å². The minimum absolute atomic E-state index is 0.0372. The van der Waals surface area contributed by atoms with Crippen molar-refractivity contribution in [2.75, 3.05) is 18.4 Å². The van der Waals surface area contributed by atoms with E-state index in [1.807, 2.05) is 48.5 Å². The third-order valence-corrected chi connectivity index (χ3v) is 6.95. The number of nitrogens with one attached hydrogen (secondary N) is 1. The van der Waals surface area contributed by atoms with Crippen LogP contribution >= 0.6 is 11.6 Å². The number of aromatic nitrogens is 2. The van der Waals surface area contributed by atoms with E-state index in [4.69, 9.17) is 16.3 Å². The van der Waals surface area contributed by atoms with Crippen molar-refractivity contribution < 1.29 is 13.2 Å². The molecule has 1 fully saturated rings. The van der Waals surface area contributed by atoms with Crippen molar-refractivity contribution in [2.24, 2.45) is 7.05 Å². The quantitative estimate of drug-likeness (QED) is 0.603. The number of rotatable bonds is 7. The molecule has 1 N–H and O–H groups in total. The Labute approximate surface area is 181 Å². The van der Waals surface area contributed by atoms with Crippen LogP contribution in [0.2, 0.25) is 5.02 Å². The zero-order valence-corrected chi connectivity index (χ0v) is 18.1. The Bertz CT molecular complexity index is 1100. The molecular formula is C21H23ClN4O3S. The van der Waals surface area contributed by atoms with Crippen LogP contribution in [0.4, 0.5) is 5.69 Å². The SMILES string of the molecule is Cn1cnc(S(=O)(=O)N2C[C@H](Nc3cccc(Cl)c3)[C@@H](OCc3ccccc3)C2)c1. The molecule has 7 nitrogen and oxygen atoms in total. The molecule has 9 heteroatoms. The minimum Gasteiger partial charge on any atom is -0.378 e. The van der Waals surface area contributed by atoms with Crippen molar-refractivity contribution in [1.82, 2.24) is 13.9 Å². The molecule has 1 aromatic heterocycles. The third kappa shape index (κ3) is 4.67. The summed E-state index contributed by atoms with van der Waals surface area (Å²) in [6.07, 6.45) is 2.66. The molecule has 2 aromatic carbocycles. The van der Waals surface area contributed by atoms with Gasteiger partial charge in [-0.1, -0.05) is 48.0 Å². The van der Waals surface area contributed by atoms with Crippen LogP contribution in [-0.2, 0) is 28.4 Å². The number of hydrogen-bond donors (Lipinski definition) is 1. The number of aryl methyl sites for hydroxylation is 1. The Kier molecular flexibility index (Phi) is 6.10.